The van der Waals surface area contributed by atoms with Crippen molar-refractivity contribution in [2.75, 3.05) is 6.61 Å². The minimum absolute atomic E-state index is 0.247. The zero-order chi connectivity index (χ0) is 9.19. The van der Waals surface area contributed by atoms with Crippen molar-refractivity contribution in [3.8, 4) is 0 Å². The smallest absolute Gasteiger partial charge is 0.0730 e. The third-order valence-electron chi connectivity index (χ3n) is 2.78. The van der Waals surface area contributed by atoms with Gasteiger partial charge in [0.25, 0.3) is 0 Å². The molecule has 0 aromatic carbocycles. The van der Waals surface area contributed by atoms with Crippen molar-refractivity contribution in [1.82, 2.24) is 0 Å². The van der Waals surface area contributed by atoms with Crippen molar-refractivity contribution in [3.63, 3.8) is 0 Å². The largest absolute Gasteiger partial charge is 0.304 e. The summed E-state index contributed by atoms with van der Waals surface area (Å²) in [6.45, 7) is 7.46. The molecule has 0 saturated heterocycles. The Kier molecular flexibility index (Phi) is 3.13. The van der Waals surface area contributed by atoms with E-state index in [4.69, 9.17) is 10.7 Å². The Morgan fingerprint density at radius 2 is 2.08 bits per heavy atom. The molecule has 2 nitrogen and oxygen atoms in total. The molecule has 12 heavy (non-hydrogen) atoms. The lowest BCUT2D eigenvalue weighted by Crippen LogP contribution is -2.24. The summed E-state index contributed by atoms with van der Waals surface area (Å²) >= 11 is 0. The van der Waals surface area contributed by atoms with Gasteiger partial charge in [-0.05, 0) is 36.5 Å². The van der Waals surface area contributed by atoms with Gasteiger partial charge < -0.3 is 4.84 Å². The fraction of sp³-hybridized carbons (Fsp3) is 1.00. The molecule has 0 amide bonds. The zero-order valence-electron chi connectivity index (χ0n) is 8.47. The van der Waals surface area contributed by atoms with Crippen molar-refractivity contribution in [2.24, 2.45) is 23.1 Å². The van der Waals surface area contributed by atoms with E-state index >= 15 is 0 Å². The SMILES string of the molecule is CC(CC(C)(C)CON)C1CC1. The van der Waals surface area contributed by atoms with E-state index in [1.165, 1.54) is 19.3 Å². The average molecular weight is 171 g/mol. The van der Waals surface area contributed by atoms with E-state index in [1.54, 1.807) is 0 Å². The van der Waals surface area contributed by atoms with Crippen LogP contribution >= 0.6 is 0 Å². The van der Waals surface area contributed by atoms with Crippen molar-refractivity contribution in [1.29, 1.82) is 0 Å². The molecule has 1 aliphatic rings. The fourth-order valence-electron chi connectivity index (χ4n) is 1.99. The molecule has 72 valence electrons. The van der Waals surface area contributed by atoms with E-state index in [0.29, 0.717) is 6.61 Å². The first kappa shape index (κ1) is 10.0. The van der Waals surface area contributed by atoms with Crippen LogP contribution in [-0.2, 0) is 4.84 Å². The lowest BCUT2D eigenvalue weighted by molar-refractivity contribution is 0.0483. The molecule has 1 atom stereocenters. The van der Waals surface area contributed by atoms with Gasteiger partial charge in [-0.15, -0.1) is 0 Å². The molecule has 0 radical (unpaired) electrons. The van der Waals surface area contributed by atoms with Crippen LogP contribution in [0.4, 0.5) is 0 Å². The van der Waals surface area contributed by atoms with Gasteiger partial charge in [-0.25, -0.2) is 5.90 Å². The minimum atomic E-state index is 0.247. The van der Waals surface area contributed by atoms with Crippen molar-refractivity contribution < 1.29 is 4.84 Å². The van der Waals surface area contributed by atoms with Gasteiger partial charge in [0.15, 0.2) is 0 Å². The number of hydrogen-bond donors (Lipinski definition) is 1. The monoisotopic (exact) mass is 171 g/mol. The lowest BCUT2D eigenvalue weighted by atomic mass is 9.82. The van der Waals surface area contributed by atoms with Crippen LogP contribution in [-0.4, -0.2) is 6.61 Å². The Morgan fingerprint density at radius 1 is 1.50 bits per heavy atom. The van der Waals surface area contributed by atoms with Gasteiger partial charge in [0, 0.05) is 0 Å². The molecule has 2 heteroatoms. The maximum Gasteiger partial charge on any atom is 0.0730 e. The Morgan fingerprint density at radius 3 is 2.50 bits per heavy atom. The van der Waals surface area contributed by atoms with Gasteiger partial charge in [-0.1, -0.05) is 20.8 Å². The van der Waals surface area contributed by atoms with Gasteiger partial charge in [0.2, 0.25) is 0 Å². The highest BCUT2D eigenvalue weighted by molar-refractivity contribution is 4.82. The number of rotatable bonds is 5. The summed E-state index contributed by atoms with van der Waals surface area (Å²) in [4.78, 5) is 4.71. The van der Waals surface area contributed by atoms with Gasteiger partial charge in [-0.2, -0.15) is 0 Å². The first-order valence-corrected chi connectivity index (χ1v) is 4.87. The molecule has 1 unspecified atom stereocenters. The standard InChI is InChI=1S/C10H21NO/c1-8(9-4-5-9)6-10(2,3)7-12-11/h8-9H,4-7,11H2,1-3H3. The molecule has 1 rings (SSSR count). The normalized spacial score (nSPS) is 21.0. The molecule has 0 bridgehead atoms. The summed E-state index contributed by atoms with van der Waals surface area (Å²) in [5.74, 6) is 6.91. The Hall–Kier alpha value is -0.0800. The van der Waals surface area contributed by atoms with Gasteiger partial charge in [-0.3, -0.25) is 0 Å². The Bertz CT molecular complexity index is 141. The van der Waals surface area contributed by atoms with Gasteiger partial charge >= 0.3 is 0 Å². The summed E-state index contributed by atoms with van der Waals surface area (Å²) in [5, 5.41) is 0. The molecule has 0 aromatic rings. The van der Waals surface area contributed by atoms with Crippen LogP contribution < -0.4 is 5.90 Å². The summed E-state index contributed by atoms with van der Waals surface area (Å²) in [6, 6.07) is 0. The summed E-state index contributed by atoms with van der Waals surface area (Å²) in [6.07, 6.45) is 4.09. The quantitative estimate of drug-likeness (QED) is 0.644. The van der Waals surface area contributed by atoms with E-state index < -0.39 is 0 Å². The van der Waals surface area contributed by atoms with E-state index in [0.717, 1.165) is 11.8 Å². The molecular formula is C10H21NO. The average Bonchev–Trinajstić information content (AvgIpc) is 2.65. The molecule has 1 saturated carbocycles. The summed E-state index contributed by atoms with van der Waals surface area (Å²) in [7, 11) is 0. The molecule has 0 aliphatic heterocycles. The maximum atomic E-state index is 5.08. The number of hydrogen-bond acceptors (Lipinski definition) is 2. The molecule has 0 heterocycles. The van der Waals surface area contributed by atoms with Crippen LogP contribution in [0.3, 0.4) is 0 Å². The topological polar surface area (TPSA) is 35.2 Å². The second-order valence-corrected chi connectivity index (χ2v) is 4.99. The first-order chi connectivity index (χ1) is 5.55. The van der Waals surface area contributed by atoms with Crippen molar-refractivity contribution in [2.45, 2.75) is 40.0 Å². The third-order valence-corrected chi connectivity index (χ3v) is 2.78. The minimum Gasteiger partial charge on any atom is -0.304 e. The van der Waals surface area contributed by atoms with Crippen LogP contribution in [0.2, 0.25) is 0 Å². The second kappa shape index (κ2) is 3.75. The maximum absolute atomic E-state index is 5.08. The Labute approximate surface area is 75.4 Å². The lowest BCUT2D eigenvalue weighted by Gasteiger charge is -2.26. The second-order valence-electron chi connectivity index (χ2n) is 4.99. The molecule has 1 aliphatic carbocycles. The van der Waals surface area contributed by atoms with E-state index in [1.807, 2.05) is 0 Å². The van der Waals surface area contributed by atoms with Crippen LogP contribution in [0, 0.1) is 17.3 Å². The summed E-state index contributed by atoms with van der Waals surface area (Å²) < 4.78 is 0. The third kappa shape index (κ3) is 3.11. The van der Waals surface area contributed by atoms with Gasteiger partial charge in [0.05, 0.1) is 6.61 Å². The highest BCUT2D eigenvalue weighted by Crippen LogP contribution is 2.41. The highest BCUT2D eigenvalue weighted by Gasteiger charge is 2.32. The predicted molar refractivity (Wildman–Crippen MR) is 50.4 cm³/mol. The molecule has 1 fully saturated rings. The van der Waals surface area contributed by atoms with Crippen LogP contribution in [0.1, 0.15) is 40.0 Å². The first-order valence-electron chi connectivity index (χ1n) is 4.87. The van der Waals surface area contributed by atoms with Crippen LogP contribution in [0.5, 0.6) is 0 Å². The van der Waals surface area contributed by atoms with Crippen molar-refractivity contribution >= 4 is 0 Å². The van der Waals surface area contributed by atoms with Gasteiger partial charge in [0.1, 0.15) is 0 Å². The van der Waals surface area contributed by atoms with E-state index in [-0.39, 0.29) is 5.41 Å². The molecule has 0 aromatic heterocycles. The molecule has 2 N–H and O–H groups in total. The molecule has 0 spiro atoms. The zero-order valence-corrected chi connectivity index (χ0v) is 8.47. The highest BCUT2D eigenvalue weighted by atomic mass is 16.6. The van der Waals surface area contributed by atoms with Crippen molar-refractivity contribution in [3.05, 3.63) is 0 Å². The van der Waals surface area contributed by atoms with E-state index in [2.05, 4.69) is 20.8 Å². The van der Waals surface area contributed by atoms with Crippen LogP contribution in [0.25, 0.3) is 0 Å². The predicted octanol–water partition coefficient (Wildman–Crippen LogP) is 2.34. The van der Waals surface area contributed by atoms with Crippen LogP contribution in [0.15, 0.2) is 0 Å². The van der Waals surface area contributed by atoms with E-state index in [9.17, 15) is 0 Å². The summed E-state index contributed by atoms with van der Waals surface area (Å²) in [5.41, 5.74) is 0.247. The Balaban J connectivity index is 2.26. The fourth-order valence-corrected chi connectivity index (χ4v) is 1.99. The molecular weight excluding hydrogens is 150 g/mol. The number of nitrogens with two attached hydrogens (primary N) is 1.